The van der Waals surface area contributed by atoms with Gasteiger partial charge < -0.3 is 18.3 Å². The van der Waals surface area contributed by atoms with Crippen molar-refractivity contribution >= 4 is 173 Å². The van der Waals surface area contributed by atoms with Gasteiger partial charge in [-0.25, -0.2) is 8.78 Å². The third kappa shape index (κ3) is 10.9. The Bertz CT molecular complexity index is 6940. The molecule has 0 aliphatic rings. The molecule has 0 atom stereocenters. The van der Waals surface area contributed by atoms with Gasteiger partial charge >= 0.3 is 0 Å². The predicted octanol–water partition coefficient (Wildman–Crippen LogP) is 27.7. The standard InChI is InChI=1S/C26H23F2N.2C25H23N.C23H19N/c1-4-15(5-2)22-14-24-25(20-11-8-18(28)13-23(20)22)21-9-6-16-12-17(27)7-10-19(16)26(21)29(24)3;1-16(2)14-18-15-22-24-20-10-5-4-8-17(20)12-13-23(24)26(3)25(22)21-11-7-6-9-19(18)21;1-4-16-14-22-24-20-12-8-6-10-18(20)17(5-2)15-23(24)26(3)25(22)21-13-9-7-11-19(16)21;1-14-4-8-18-16(12-14)7-11-21-22(18)20-10-6-17-13-15(2)5-9-19(17)23(20)24(21)3/h6-15H,4-5H2,1-3H3;4-13,15-16H,14H2,1-3H3;6-15H,4-5H2,1-3H3;4-13H,1-3H3. The molecule has 105 heavy (non-hydrogen) atoms. The quantitative estimate of drug-likeness (QED) is 0.152. The molecule has 20 aromatic rings. The van der Waals surface area contributed by atoms with E-state index >= 15 is 0 Å². The summed E-state index contributed by atoms with van der Waals surface area (Å²) in [5.41, 5.74) is 18.4. The van der Waals surface area contributed by atoms with Crippen LogP contribution >= 0.6 is 0 Å². The lowest BCUT2D eigenvalue weighted by Crippen LogP contribution is -1.99. The lowest BCUT2D eigenvalue weighted by molar-refractivity contribution is 0.627. The second-order valence-corrected chi connectivity index (χ2v) is 29.9. The zero-order chi connectivity index (χ0) is 72.4. The molecule has 518 valence electrons. The molecule has 0 fully saturated rings. The summed E-state index contributed by atoms with van der Waals surface area (Å²) >= 11 is 0. The third-order valence-electron chi connectivity index (χ3n) is 23.3. The van der Waals surface area contributed by atoms with Crippen LogP contribution in [0.15, 0.2) is 243 Å². The second-order valence-electron chi connectivity index (χ2n) is 29.9. The van der Waals surface area contributed by atoms with Crippen molar-refractivity contribution in [2.24, 2.45) is 34.1 Å². The fourth-order valence-corrected chi connectivity index (χ4v) is 18.3. The monoisotopic (exact) mass is 1370 g/mol. The van der Waals surface area contributed by atoms with Gasteiger partial charge in [-0.2, -0.15) is 0 Å². The van der Waals surface area contributed by atoms with Crippen molar-refractivity contribution in [1.29, 1.82) is 0 Å². The Hall–Kier alpha value is -11.3. The van der Waals surface area contributed by atoms with Crippen molar-refractivity contribution in [2.75, 3.05) is 0 Å². The summed E-state index contributed by atoms with van der Waals surface area (Å²) in [6.45, 7) is 17.8. The molecule has 6 heteroatoms. The lowest BCUT2D eigenvalue weighted by atomic mass is 9.88. The number of nitrogens with zero attached hydrogens (tertiary/aromatic N) is 4. The van der Waals surface area contributed by atoms with Crippen LogP contribution in [0, 0.1) is 31.4 Å². The Labute approximate surface area is 611 Å². The first-order valence-corrected chi connectivity index (χ1v) is 37.7. The normalized spacial score (nSPS) is 12.1. The van der Waals surface area contributed by atoms with Gasteiger partial charge in [-0.1, -0.05) is 229 Å². The first kappa shape index (κ1) is 66.9. The average Bonchev–Trinajstić information content (AvgIpc) is 1.60. The van der Waals surface area contributed by atoms with E-state index in [0.29, 0.717) is 11.8 Å². The summed E-state index contributed by atoms with van der Waals surface area (Å²) in [6, 6.07) is 86.1. The second kappa shape index (κ2) is 26.4. The maximum atomic E-state index is 14.2. The van der Waals surface area contributed by atoms with E-state index in [4.69, 9.17) is 0 Å². The first-order valence-electron chi connectivity index (χ1n) is 37.7. The summed E-state index contributed by atoms with van der Waals surface area (Å²) in [5, 5.41) is 30.8. The third-order valence-corrected chi connectivity index (χ3v) is 23.3. The largest absolute Gasteiger partial charge is 0.343 e. The van der Waals surface area contributed by atoms with Crippen LogP contribution in [0.5, 0.6) is 0 Å². The molecule has 0 unspecified atom stereocenters. The van der Waals surface area contributed by atoms with Crippen LogP contribution < -0.4 is 0 Å². The van der Waals surface area contributed by atoms with Crippen LogP contribution in [-0.4, -0.2) is 18.3 Å². The summed E-state index contributed by atoms with van der Waals surface area (Å²) in [6.07, 6.45) is 5.24. The highest BCUT2D eigenvalue weighted by atomic mass is 19.1. The minimum Gasteiger partial charge on any atom is -0.343 e. The first-order chi connectivity index (χ1) is 51.0. The van der Waals surface area contributed by atoms with Gasteiger partial charge in [0.15, 0.2) is 0 Å². The molecule has 0 amide bonds. The fraction of sp³-hybridized carbons (Fsp3) is 0.192. The van der Waals surface area contributed by atoms with Gasteiger partial charge in [0.25, 0.3) is 0 Å². The Morgan fingerprint density at radius 3 is 1.24 bits per heavy atom. The number of hydrogen-bond donors (Lipinski definition) is 0. The van der Waals surface area contributed by atoms with Gasteiger partial charge in [0.1, 0.15) is 11.6 Å². The number of rotatable bonds is 7. The van der Waals surface area contributed by atoms with Gasteiger partial charge in [-0.3, -0.25) is 0 Å². The van der Waals surface area contributed by atoms with Crippen molar-refractivity contribution in [1.82, 2.24) is 18.3 Å². The van der Waals surface area contributed by atoms with Crippen LogP contribution in [0.25, 0.3) is 173 Å². The Morgan fingerprint density at radius 2 is 0.657 bits per heavy atom. The summed E-state index contributed by atoms with van der Waals surface area (Å²) in [5.74, 6) is 0.591. The number of fused-ring (bicyclic) bond motifs is 28. The SMILES string of the molecule is CC(C)Cc1cc2c3c4ccccc4ccc3n(C)c2c2ccccc12.CCC(CC)c1cc2c(c3ccc(F)cc13)c1ccc3cc(F)ccc3c1n2C.CCc1cc2c(c3ccccc13)c1cc(CC)c3ccccc3c1n2C.Cc1ccc2c(ccc3c2c2ccc4cc(C)ccc4c2n3C)c1. The van der Waals surface area contributed by atoms with Gasteiger partial charge in [-0.05, 0) is 211 Å². The average molecular weight is 1370 g/mol. The van der Waals surface area contributed by atoms with E-state index in [9.17, 15) is 8.78 Å². The predicted molar refractivity (Wildman–Crippen MR) is 452 cm³/mol. The zero-order valence-corrected chi connectivity index (χ0v) is 62.3. The molecule has 0 spiro atoms. The van der Waals surface area contributed by atoms with Crippen molar-refractivity contribution in [3.8, 4) is 0 Å². The maximum absolute atomic E-state index is 14.2. The molecule has 0 aliphatic heterocycles. The summed E-state index contributed by atoms with van der Waals surface area (Å²) < 4.78 is 37.3. The zero-order valence-electron chi connectivity index (χ0n) is 62.3. The smallest absolute Gasteiger partial charge is 0.123 e. The van der Waals surface area contributed by atoms with E-state index in [1.165, 1.54) is 169 Å². The van der Waals surface area contributed by atoms with Gasteiger partial charge in [0.05, 0.1) is 22.1 Å². The van der Waals surface area contributed by atoms with E-state index in [-0.39, 0.29) is 11.6 Å². The molecule has 16 aromatic carbocycles. The van der Waals surface area contributed by atoms with E-state index < -0.39 is 0 Å². The molecular formula is C99H88F2N4. The van der Waals surface area contributed by atoms with Crippen LogP contribution in [0.3, 0.4) is 0 Å². The molecular weight excluding hydrogens is 1280 g/mol. The molecule has 0 radical (unpaired) electrons. The minimum atomic E-state index is -0.229. The van der Waals surface area contributed by atoms with Crippen molar-refractivity contribution in [2.45, 2.75) is 93.4 Å². The number of halogens is 2. The molecule has 4 aromatic heterocycles. The number of aromatic nitrogens is 4. The Balaban J connectivity index is 0.000000103. The van der Waals surface area contributed by atoms with Gasteiger partial charge in [0, 0.05) is 115 Å². The number of benzene rings is 16. The van der Waals surface area contributed by atoms with Crippen LogP contribution in [0.4, 0.5) is 8.78 Å². The van der Waals surface area contributed by atoms with E-state index in [2.05, 4.69) is 302 Å². The summed E-state index contributed by atoms with van der Waals surface area (Å²) in [7, 11) is 8.68. The number of hydrogen-bond acceptors (Lipinski definition) is 0. The van der Waals surface area contributed by atoms with E-state index in [0.717, 1.165) is 75.5 Å². The molecule has 0 aliphatic carbocycles. The molecule has 0 bridgehead atoms. The fourth-order valence-electron chi connectivity index (χ4n) is 18.3. The van der Waals surface area contributed by atoms with Crippen molar-refractivity contribution < 1.29 is 8.78 Å². The van der Waals surface area contributed by atoms with Crippen LogP contribution in [0.1, 0.15) is 93.7 Å². The van der Waals surface area contributed by atoms with Crippen LogP contribution in [0.2, 0.25) is 0 Å². The minimum absolute atomic E-state index is 0.204. The molecule has 4 nitrogen and oxygen atoms in total. The van der Waals surface area contributed by atoms with Crippen LogP contribution in [-0.2, 0) is 47.5 Å². The lowest BCUT2D eigenvalue weighted by Gasteiger charge is -2.17. The highest BCUT2D eigenvalue weighted by Crippen LogP contribution is 2.46. The molecule has 0 saturated carbocycles. The molecule has 0 N–H and O–H groups in total. The van der Waals surface area contributed by atoms with Gasteiger partial charge in [-0.15, -0.1) is 0 Å². The topological polar surface area (TPSA) is 19.7 Å². The maximum Gasteiger partial charge on any atom is 0.123 e. The Morgan fingerprint density at radius 1 is 0.286 bits per heavy atom. The molecule has 4 heterocycles. The number of aryl methyl sites for hydroxylation is 8. The molecule has 0 saturated heterocycles. The van der Waals surface area contributed by atoms with E-state index in [1.54, 1.807) is 18.2 Å². The molecule has 20 rings (SSSR count). The summed E-state index contributed by atoms with van der Waals surface area (Å²) in [4.78, 5) is 0. The van der Waals surface area contributed by atoms with Gasteiger partial charge in [0.2, 0.25) is 0 Å². The Kier molecular flexibility index (Phi) is 16.8. The van der Waals surface area contributed by atoms with Crippen molar-refractivity contribution in [3.05, 3.63) is 288 Å². The highest BCUT2D eigenvalue weighted by Gasteiger charge is 2.23. The van der Waals surface area contributed by atoms with E-state index in [1.807, 2.05) is 18.2 Å². The highest BCUT2D eigenvalue weighted by molar-refractivity contribution is 6.30. The van der Waals surface area contributed by atoms with Crippen molar-refractivity contribution in [3.63, 3.8) is 0 Å².